The maximum absolute atomic E-state index is 13.1. The first kappa shape index (κ1) is 13.4. The molecular weight excluding hydrogens is 370 g/mol. The van der Waals surface area contributed by atoms with Gasteiger partial charge in [-0.1, -0.05) is 58.0 Å². The van der Waals surface area contributed by atoms with Gasteiger partial charge in [-0.05, 0) is 35.7 Å². The molecule has 2 heterocycles. The molecule has 23 heavy (non-hydrogen) atoms. The van der Waals surface area contributed by atoms with Crippen LogP contribution in [0.1, 0.15) is 0 Å². The predicted molar refractivity (Wildman–Crippen MR) is 98.9 cm³/mol. The summed E-state index contributed by atoms with van der Waals surface area (Å²) in [4.78, 5) is 15.4. The van der Waals surface area contributed by atoms with Gasteiger partial charge in [0.15, 0.2) is 0 Å². The Hall–Kier alpha value is -2.04. The van der Waals surface area contributed by atoms with Gasteiger partial charge in [-0.2, -0.15) is 0 Å². The van der Waals surface area contributed by atoms with Crippen molar-refractivity contribution in [3.63, 3.8) is 0 Å². The Morgan fingerprint density at radius 2 is 1.57 bits per heavy atom. The number of halogens is 1. The molecule has 0 spiro atoms. The smallest absolute Gasteiger partial charge is 0.263 e. The van der Waals surface area contributed by atoms with Crippen LogP contribution in [0.25, 0.3) is 27.4 Å². The largest absolute Gasteiger partial charge is 0.274 e. The third-order valence-corrected chi connectivity index (χ3v) is 5.79. The van der Waals surface area contributed by atoms with Gasteiger partial charge in [0, 0.05) is 25.0 Å². The zero-order valence-electron chi connectivity index (χ0n) is 11.9. The Kier molecular flexibility index (Phi) is 2.75. The molecule has 2 nitrogen and oxygen atoms in total. The third kappa shape index (κ3) is 1.79. The molecule has 0 unspecified atom stereocenters. The van der Waals surface area contributed by atoms with Gasteiger partial charge in [-0.25, -0.2) is 0 Å². The van der Waals surface area contributed by atoms with Gasteiger partial charge in [-0.15, -0.1) is 0 Å². The summed E-state index contributed by atoms with van der Waals surface area (Å²) in [5.74, 6) is 0. The first-order valence-electron chi connectivity index (χ1n) is 7.28. The van der Waals surface area contributed by atoms with Crippen molar-refractivity contribution in [3.8, 4) is 5.69 Å². The van der Waals surface area contributed by atoms with E-state index in [1.807, 2.05) is 47.0 Å². The lowest BCUT2D eigenvalue weighted by atomic mass is 10.1. The molecule has 0 bridgehead atoms. The van der Waals surface area contributed by atoms with E-state index in [9.17, 15) is 4.79 Å². The van der Waals surface area contributed by atoms with Gasteiger partial charge in [0.2, 0.25) is 0 Å². The third-order valence-electron chi connectivity index (χ3n) is 4.24. The molecule has 110 valence electrons. The number of benzene rings is 3. The van der Waals surface area contributed by atoms with Crippen molar-refractivity contribution in [3.05, 3.63) is 75.5 Å². The molecule has 1 aliphatic rings. The van der Waals surface area contributed by atoms with Gasteiger partial charge in [-0.3, -0.25) is 9.36 Å². The second kappa shape index (κ2) is 4.73. The lowest BCUT2D eigenvalue weighted by molar-refractivity contribution is 1.000. The molecule has 3 aromatic carbocycles. The normalized spacial score (nSPS) is 12.6. The molecule has 0 saturated heterocycles. The standard InChI is InChI=1S/C19H10BrNOS/c20-11-9-14-12-5-1-2-6-13(12)19(22)21-15-7-3-4-8-16(15)23-17(10-11)18(14)21/h1-10H. The van der Waals surface area contributed by atoms with E-state index >= 15 is 0 Å². The Bertz CT molecular complexity index is 1180. The van der Waals surface area contributed by atoms with E-state index in [0.717, 1.165) is 41.6 Å². The lowest BCUT2D eigenvalue weighted by Crippen LogP contribution is -2.21. The van der Waals surface area contributed by atoms with E-state index in [2.05, 4.69) is 34.1 Å². The average molecular weight is 380 g/mol. The van der Waals surface area contributed by atoms with Crippen LogP contribution in [0.5, 0.6) is 0 Å². The van der Waals surface area contributed by atoms with E-state index in [1.165, 1.54) is 0 Å². The van der Waals surface area contributed by atoms with Crippen molar-refractivity contribution in [1.29, 1.82) is 0 Å². The molecule has 0 amide bonds. The van der Waals surface area contributed by atoms with Crippen molar-refractivity contribution in [1.82, 2.24) is 4.57 Å². The SMILES string of the molecule is O=c1c2ccccc2c2cc(Br)cc3c2n1-c1ccccc1S3. The molecule has 1 aromatic heterocycles. The summed E-state index contributed by atoms with van der Waals surface area (Å²) in [6.07, 6.45) is 0. The van der Waals surface area contributed by atoms with Crippen molar-refractivity contribution >= 4 is 49.4 Å². The number of rotatable bonds is 0. The molecule has 4 aromatic rings. The van der Waals surface area contributed by atoms with E-state index in [-0.39, 0.29) is 5.56 Å². The number of aromatic nitrogens is 1. The molecule has 0 radical (unpaired) electrons. The number of hydrogen-bond donors (Lipinski definition) is 0. The molecule has 0 aliphatic carbocycles. The molecular formula is C19H10BrNOS. The highest BCUT2D eigenvalue weighted by Crippen LogP contribution is 2.44. The molecule has 0 N–H and O–H groups in total. The number of hydrogen-bond acceptors (Lipinski definition) is 2. The van der Waals surface area contributed by atoms with Crippen LogP contribution in [0.15, 0.2) is 79.7 Å². The predicted octanol–water partition coefficient (Wildman–Crippen LogP) is 5.37. The van der Waals surface area contributed by atoms with Gasteiger partial charge in [0.25, 0.3) is 5.56 Å². The number of pyridine rings is 1. The summed E-state index contributed by atoms with van der Waals surface area (Å²) < 4.78 is 2.90. The van der Waals surface area contributed by atoms with Crippen LogP contribution >= 0.6 is 27.7 Å². The minimum absolute atomic E-state index is 0.0458. The fourth-order valence-electron chi connectivity index (χ4n) is 3.29. The van der Waals surface area contributed by atoms with Crippen LogP contribution in [0.4, 0.5) is 0 Å². The maximum atomic E-state index is 13.1. The van der Waals surface area contributed by atoms with Crippen LogP contribution in [-0.2, 0) is 0 Å². The van der Waals surface area contributed by atoms with E-state index in [1.54, 1.807) is 11.8 Å². The molecule has 5 rings (SSSR count). The minimum atomic E-state index is 0.0458. The average Bonchev–Trinajstić information content (AvgIpc) is 2.58. The minimum Gasteiger partial charge on any atom is -0.274 e. The number of fused-ring (bicyclic) bond motifs is 4. The highest BCUT2D eigenvalue weighted by atomic mass is 79.9. The van der Waals surface area contributed by atoms with Crippen molar-refractivity contribution in [2.45, 2.75) is 9.79 Å². The monoisotopic (exact) mass is 379 g/mol. The fourth-order valence-corrected chi connectivity index (χ4v) is 5.03. The zero-order chi connectivity index (χ0) is 15.6. The number of para-hydroxylation sites is 1. The Labute approximate surface area is 144 Å². The Morgan fingerprint density at radius 3 is 2.43 bits per heavy atom. The van der Waals surface area contributed by atoms with E-state index in [0.29, 0.717) is 0 Å². The molecule has 0 atom stereocenters. The van der Waals surface area contributed by atoms with Gasteiger partial charge in [0.1, 0.15) is 0 Å². The summed E-state index contributed by atoms with van der Waals surface area (Å²) in [5, 5.41) is 2.86. The van der Waals surface area contributed by atoms with Crippen LogP contribution < -0.4 is 5.56 Å². The van der Waals surface area contributed by atoms with Crippen LogP contribution in [0, 0.1) is 0 Å². The maximum Gasteiger partial charge on any atom is 0.263 e. The van der Waals surface area contributed by atoms with Gasteiger partial charge < -0.3 is 0 Å². The zero-order valence-corrected chi connectivity index (χ0v) is 14.3. The van der Waals surface area contributed by atoms with Gasteiger partial charge in [0.05, 0.1) is 11.2 Å². The summed E-state index contributed by atoms with van der Waals surface area (Å²) in [6, 6.07) is 20.1. The van der Waals surface area contributed by atoms with Gasteiger partial charge >= 0.3 is 0 Å². The molecule has 4 heteroatoms. The molecule has 1 aliphatic heterocycles. The summed E-state index contributed by atoms with van der Waals surface area (Å²) in [6.45, 7) is 0. The second-order valence-electron chi connectivity index (χ2n) is 5.56. The first-order chi connectivity index (χ1) is 11.2. The summed E-state index contributed by atoms with van der Waals surface area (Å²) >= 11 is 5.33. The van der Waals surface area contributed by atoms with Crippen molar-refractivity contribution in [2.24, 2.45) is 0 Å². The summed E-state index contributed by atoms with van der Waals surface area (Å²) in [7, 11) is 0. The molecule has 0 saturated carbocycles. The van der Waals surface area contributed by atoms with Crippen molar-refractivity contribution < 1.29 is 0 Å². The Morgan fingerprint density at radius 1 is 0.826 bits per heavy atom. The van der Waals surface area contributed by atoms with E-state index < -0.39 is 0 Å². The number of nitrogens with zero attached hydrogens (tertiary/aromatic N) is 1. The van der Waals surface area contributed by atoms with Crippen LogP contribution in [0.2, 0.25) is 0 Å². The van der Waals surface area contributed by atoms with Crippen molar-refractivity contribution in [2.75, 3.05) is 0 Å². The highest BCUT2D eigenvalue weighted by molar-refractivity contribution is 9.10. The highest BCUT2D eigenvalue weighted by Gasteiger charge is 2.22. The van der Waals surface area contributed by atoms with Crippen LogP contribution in [-0.4, -0.2) is 4.57 Å². The van der Waals surface area contributed by atoms with Crippen LogP contribution in [0.3, 0.4) is 0 Å². The molecule has 0 fully saturated rings. The Balaban J connectivity index is 2.14. The second-order valence-corrected chi connectivity index (χ2v) is 7.56. The summed E-state index contributed by atoms with van der Waals surface area (Å²) in [5.41, 5.74) is 2.01. The fraction of sp³-hybridized carbons (Fsp3) is 0. The topological polar surface area (TPSA) is 22.0 Å². The lowest BCUT2D eigenvalue weighted by Gasteiger charge is -2.23. The van der Waals surface area contributed by atoms with E-state index in [4.69, 9.17) is 0 Å². The quantitative estimate of drug-likeness (QED) is 0.337. The first-order valence-corrected chi connectivity index (χ1v) is 8.89.